The molecule has 0 bridgehead atoms. The van der Waals surface area contributed by atoms with Crippen LogP contribution in [0.5, 0.6) is 0 Å². The van der Waals surface area contributed by atoms with Crippen molar-refractivity contribution < 1.29 is 5.11 Å². The summed E-state index contributed by atoms with van der Waals surface area (Å²) >= 11 is 0. The van der Waals surface area contributed by atoms with E-state index in [0.717, 1.165) is 38.4 Å². The molecule has 3 heteroatoms. The molecule has 0 spiro atoms. The van der Waals surface area contributed by atoms with Gasteiger partial charge in [-0.25, -0.2) is 0 Å². The van der Waals surface area contributed by atoms with Crippen LogP contribution in [-0.2, 0) is 0 Å². The summed E-state index contributed by atoms with van der Waals surface area (Å²) in [7, 11) is 0. The van der Waals surface area contributed by atoms with Crippen molar-refractivity contribution in [3.63, 3.8) is 0 Å². The van der Waals surface area contributed by atoms with E-state index in [-0.39, 0.29) is 5.60 Å². The van der Waals surface area contributed by atoms with E-state index in [1.807, 2.05) is 0 Å². The maximum absolute atomic E-state index is 10.7. The van der Waals surface area contributed by atoms with E-state index in [1.54, 1.807) is 0 Å². The van der Waals surface area contributed by atoms with Crippen LogP contribution in [-0.4, -0.2) is 59.8 Å². The normalized spacial score (nSPS) is 29.6. The van der Waals surface area contributed by atoms with E-state index >= 15 is 0 Å². The van der Waals surface area contributed by atoms with Gasteiger partial charge in [0.2, 0.25) is 0 Å². The predicted octanol–water partition coefficient (Wildman–Crippen LogP) is 2.88. The Balaban J connectivity index is 1.38. The second-order valence-corrected chi connectivity index (χ2v) is 7.87. The predicted molar refractivity (Wildman–Crippen MR) is 87.5 cm³/mol. The Bertz CT molecular complexity index is 300. The van der Waals surface area contributed by atoms with Crippen LogP contribution in [0.15, 0.2) is 0 Å². The summed E-state index contributed by atoms with van der Waals surface area (Å²) in [6.45, 7) is 7.01. The Morgan fingerprint density at radius 2 is 1.33 bits per heavy atom. The molecule has 3 nitrogen and oxygen atoms in total. The lowest BCUT2D eigenvalue weighted by Gasteiger charge is -2.42. The molecule has 1 saturated heterocycles. The first kappa shape index (κ1) is 15.8. The number of β-amino-alcohol motifs (C(OH)–C–C–N with tert-alkyl or cyclic N) is 1. The van der Waals surface area contributed by atoms with Gasteiger partial charge in [-0.15, -0.1) is 0 Å². The van der Waals surface area contributed by atoms with Crippen LogP contribution in [0.1, 0.15) is 64.2 Å². The number of rotatable bonds is 4. The molecule has 0 aromatic rings. The average molecular weight is 294 g/mol. The highest BCUT2D eigenvalue weighted by Crippen LogP contribution is 2.29. The third-order valence-corrected chi connectivity index (χ3v) is 6.01. The molecule has 1 N–H and O–H groups in total. The van der Waals surface area contributed by atoms with Gasteiger partial charge in [0.05, 0.1) is 5.60 Å². The van der Waals surface area contributed by atoms with E-state index < -0.39 is 0 Å². The minimum atomic E-state index is -0.371. The zero-order valence-corrected chi connectivity index (χ0v) is 13.7. The van der Waals surface area contributed by atoms with Crippen LogP contribution in [0.3, 0.4) is 0 Å². The molecule has 122 valence electrons. The maximum atomic E-state index is 10.7. The second kappa shape index (κ2) is 7.43. The summed E-state index contributed by atoms with van der Waals surface area (Å²) in [5.41, 5.74) is -0.371. The van der Waals surface area contributed by atoms with Gasteiger partial charge in [0.1, 0.15) is 0 Å². The van der Waals surface area contributed by atoms with Crippen molar-refractivity contribution in [1.82, 2.24) is 9.80 Å². The fourth-order valence-corrected chi connectivity index (χ4v) is 4.65. The van der Waals surface area contributed by atoms with Crippen molar-refractivity contribution in [1.29, 1.82) is 0 Å². The minimum absolute atomic E-state index is 0.371. The van der Waals surface area contributed by atoms with Gasteiger partial charge in [-0.3, -0.25) is 4.90 Å². The van der Waals surface area contributed by atoms with Gasteiger partial charge in [0, 0.05) is 39.3 Å². The fraction of sp³-hybridized carbons (Fsp3) is 1.00. The third-order valence-electron chi connectivity index (χ3n) is 6.01. The maximum Gasteiger partial charge on any atom is 0.0774 e. The van der Waals surface area contributed by atoms with Crippen LogP contribution in [0, 0.1) is 5.92 Å². The van der Waals surface area contributed by atoms with Gasteiger partial charge >= 0.3 is 0 Å². The molecular weight excluding hydrogens is 260 g/mol. The summed E-state index contributed by atoms with van der Waals surface area (Å²) in [5, 5.41) is 10.7. The molecule has 0 amide bonds. The van der Waals surface area contributed by atoms with Crippen LogP contribution in [0.4, 0.5) is 0 Å². The molecular formula is C18H34N2O. The molecule has 1 heterocycles. The van der Waals surface area contributed by atoms with Crippen molar-refractivity contribution in [3.8, 4) is 0 Å². The Morgan fingerprint density at radius 3 is 2.00 bits per heavy atom. The van der Waals surface area contributed by atoms with Crippen LogP contribution >= 0.6 is 0 Å². The lowest BCUT2D eigenvalue weighted by atomic mass is 9.84. The average Bonchev–Trinajstić information content (AvgIpc) is 2.51. The molecule has 2 aliphatic carbocycles. The molecule has 0 radical (unpaired) electrons. The molecule has 0 aromatic heterocycles. The second-order valence-electron chi connectivity index (χ2n) is 7.87. The smallest absolute Gasteiger partial charge is 0.0774 e. The van der Waals surface area contributed by atoms with Crippen LogP contribution in [0.2, 0.25) is 0 Å². The number of aliphatic hydroxyl groups is 1. The van der Waals surface area contributed by atoms with E-state index in [9.17, 15) is 5.11 Å². The molecule has 1 aliphatic heterocycles. The first-order chi connectivity index (χ1) is 10.2. The quantitative estimate of drug-likeness (QED) is 0.863. The molecule has 3 rings (SSSR count). The third kappa shape index (κ3) is 4.67. The molecule has 0 unspecified atom stereocenters. The fourth-order valence-electron chi connectivity index (χ4n) is 4.65. The van der Waals surface area contributed by atoms with Crippen molar-refractivity contribution in [2.24, 2.45) is 5.92 Å². The zero-order valence-electron chi connectivity index (χ0n) is 13.7. The summed E-state index contributed by atoms with van der Waals surface area (Å²) in [5.74, 6) is 0.966. The van der Waals surface area contributed by atoms with Crippen molar-refractivity contribution >= 4 is 0 Å². The number of hydrogen-bond donors (Lipinski definition) is 1. The zero-order chi connectivity index (χ0) is 14.5. The van der Waals surface area contributed by atoms with Crippen LogP contribution < -0.4 is 0 Å². The topological polar surface area (TPSA) is 26.7 Å². The molecule has 0 atom stereocenters. The lowest BCUT2D eigenvalue weighted by Crippen LogP contribution is -2.53. The Hall–Kier alpha value is -0.120. The monoisotopic (exact) mass is 294 g/mol. The molecule has 2 saturated carbocycles. The summed E-state index contributed by atoms with van der Waals surface area (Å²) in [4.78, 5) is 5.19. The van der Waals surface area contributed by atoms with Crippen molar-refractivity contribution in [2.75, 3.05) is 39.3 Å². The Morgan fingerprint density at radius 1 is 0.762 bits per heavy atom. The van der Waals surface area contributed by atoms with E-state index in [4.69, 9.17) is 0 Å². The number of piperazine rings is 1. The summed E-state index contributed by atoms with van der Waals surface area (Å²) < 4.78 is 0. The van der Waals surface area contributed by atoms with Gasteiger partial charge in [0.25, 0.3) is 0 Å². The van der Waals surface area contributed by atoms with Crippen molar-refractivity contribution in [2.45, 2.75) is 69.8 Å². The summed E-state index contributed by atoms with van der Waals surface area (Å²) in [6, 6.07) is 0. The number of hydrogen-bond acceptors (Lipinski definition) is 3. The van der Waals surface area contributed by atoms with Gasteiger partial charge in [-0.2, -0.15) is 0 Å². The largest absolute Gasteiger partial charge is 0.389 e. The van der Waals surface area contributed by atoms with Gasteiger partial charge in [-0.1, -0.05) is 38.5 Å². The molecule has 3 fully saturated rings. The molecule has 21 heavy (non-hydrogen) atoms. The van der Waals surface area contributed by atoms with Crippen LogP contribution in [0.25, 0.3) is 0 Å². The Labute approximate surface area is 130 Å². The standard InChI is InChI=1S/C18H34N2O/c21-18(9-5-2-6-10-18)16-20-13-11-19(12-14-20)15-17-7-3-1-4-8-17/h17,21H,1-16H2. The SMILES string of the molecule is OC1(CN2CCN(CC3CCCCC3)CC2)CCCCC1. The van der Waals surface area contributed by atoms with E-state index in [0.29, 0.717) is 0 Å². The van der Waals surface area contributed by atoms with E-state index in [2.05, 4.69) is 9.80 Å². The first-order valence-electron chi connectivity index (χ1n) is 9.41. The highest BCUT2D eigenvalue weighted by atomic mass is 16.3. The van der Waals surface area contributed by atoms with E-state index in [1.165, 1.54) is 71.0 Å². The van der Waals surface area contributed by atoms with Gasteiger partial charge in [-0.05, 0) is 31.6 Å². The Kier molecular flexibility index (Phi) is 5.58. The molecule has 0 aromatic carbocycles. The minimum Gasteiger partial charge on any atom is -0.389 e. The highest BCUT2D eigenvalue weighted by Gasteiger charge is 2.32. The van der Waals surface area contributed by atoms with Crippen molar-refractivity contribution in [3.05, 3.63) is 0 Å². The highest BCUT2D eigenvalue weighted by molar-refractivity contribution is 4.87. The number of nitrogens with zero attached hydrogens (tertiary/aromatic N) is 2. The lowest BCUT2D eigenvalue weighted by molar-refractivity contribution is -0.0365. The summed E-state index contributed by atoms with van der Waals surface area (Å²) in [6.07, 6.45) is 13.1. The first-order valence-corrected chi connectivity index (χ1v) is 9.41. The molecule has 3 aliphatic rings. The van der Waals surface area contributed by atoms with Gasteiger partial charge in [0.15, 0.2) is 0 Å². The van der Waals surface area contributed by atoms with Gasteiger partial charge < -0.3 is 10.0 Å².